The van der Waals surface area contributed by atoms with Crippen LogP contribution in [-0.2, 0) is 0 Å². The van der Waals surface area contributed by atoms with Crippen molar-refractivity contribution in [1.29, 1.82) is 0 Å². The van der Waals surface area contributed by atoms with Crippen molar-refractivity contribution in [2.75, 3.05) is 5.32 Å². The van der Waals surface area contributed by atoms with E-state index in [2.05, 4.69) is 181 Å². The summed E-state index contributed by atoms with van der Waals surface area (Å²) in [6.07, 6.45) is 12.3. The largest absolute Gasteiger partial charge is 0.362 e. The van der Waals surface area contributed by atoms with Gasteiger partial charge in [-0.15, -0.1) is 11.3 Å². The Labute approximate surface area is 297 Å². The lowest BCUT2D eigenvalue weighted by molar-refractivity contribution is 1.56. The van der Waals surface area contributed by atoms with E-state index in [0.717, 1.165) is 5.69 Å². The molecule has 1 heterocycles. The van der Waals surface area contributed by atoms with Crippen LogP contribution in [0.5, 0.6) is 0 Å². The molecule has 1 nitrogen and oxygen atoms in total. The van der Waals surface area contributed by atoms with E-state index in [1.165, 1.54) is 70.2 Å². The predicted octanol–water partition coefficient (Wildman–Crippen LogP) is 13.9. The number of rotatable bonds is 9. The van der Waals surface area contributed by atoms with E-state index in [4.69, 9.17) is 0 Å². The van der Waals surface area contributed by atoms with Gasteiger partial charge in [-0.25, -0.2) is 0 Å². The van der Waals surface area contributed by atoms with Crippen LogP contribution in [0.2, 0.25) is 0 Å². The second-order valence-electron chi connectivity index (χ2n) is 12.2. The normalized spacial score (nSPS) is 11.8. The first-order valence-corrected chi connectivity index (χ1v) is 17.7. The van der Waals surface area contributed by atoms with Crippen molar-refractivity contribution in [3.05, 3.63) is 206 Å². The van der Waals surface area contributed by atoms with Crippen molar-refractivity contribution < 1.29 is 0 Å². The molecule has 238 valence electrons. The van der Waals surface area contributed by atoms with E-state index in [9.17, 15) is 0 Å². The highest BCUT2D eigenvalue weighted by Gasteiger charge is 2.15. The van der Waals surface area contributed by atoms with Gasteiger partial charge in [0.2, 0.25) is 0 Å². The quantitative estimate of drug-likeness (QED) is 0.152. The Hall–Kier alpha value is -6.22. The molecule has 50 heavy (non-hydrogen) atoms. The van der Waals surface area contributed by atoms with Gasteiger partial charge in [0.25, 0.3) is 0 Å². The Kier molecular flexibility index (Phi) is 9.01. The topological polar surface area (TPSA) is 12.0 Å². The van der Waals surface area contributed by atoms with Gasteiger partial charge in [-0.3, -0.25) is 0 Å². The number of allylic oxidation sites excluding steroid dienone is 4. The van der Waals surface area contributed by atoms with E-state index in [-0.39, 0.29) is 0 Å². The van der Waals surface area contributed by atoms with Crippen LogP contribution in [0.15, 0.2) is 200 Å². The zero-order valence-electron chi connectivity index (χ0n) is 27.5. The third kappa shape index (κ3) is 6.71. The number of thiophene rings is 1. The van der Waals surface area contributed by atoms with Crippen molar-refractivity contribution in [3.8, 4) is 44.5 Å². The lowest BCUT2D eigenvalue weighted by Gasteiger charge is -2.13. The van der Waals surface area contributed by atoms with Gasteiger partial charge >= 0.3 is 0 Å². The summed E-state index contributed by atoms with van der Waals surface area (Å²) < 4.78 is 2.66. The Balaban J connectivity index is 0.901. The fourth-order valence-corrected chi connectivity index (χ4v) is 7.71. The maximum absolute atomic E-state index is 3.41. The summed E-state index contributed by atoms with van der Waals surface area (Å²) in [6.45, 7) is 0. The molecule has 0 saturated carbocycles. The minimum absolute atomic E-state index is 1.05. The molecule has 0 aliphatic heterocycles. The second kappa shape index (κ2) is 14.5. The van der Waals surface area contributed by atoms with E-state index < -0.39 is 0 Å². The molecule has 0 atom stereocenters. The van der Waals surface area contributed by atoms with Crippen molar-refractivity contribution in [2.24, 2.45) is 0 Å². The molecule has 0 unspecified atom stereocenters. The molecule has 0 saturated heterocycles. The number of anilines is 1. The van der Waals surface area contributed by atoms with Crippen LogP contribution in [-0.4, -0.2) is 0 Å². The first-order valence-electron chi connectivity index (χ1n) is 16.9. The third-order valence-corrected chi connectivity index (χ3v) is 10.2. The van der Waals surface area contributed by atoms with Gasteiger partial charge in [0.05, 0.1) is 0 Å². The van der Waals surface area contributed by atoms with Crippen molar-refractivity contribution in [1.82, 2.24) is 0 Å². The van der Waals surface area contributed by atoms with Crippen LogP contribution in [0.25, 0.3) is 70.8 Å². The van der Waals surface area contributed by atoms with E-state index in [0.29, 0.717) is 0 Å². The van der Waals surface area contributed by atoms with Gasteiger partial charge in [-0.1, -0.05) is 176 Å². The van der Waals surface area contributed by atoms with Crippen LogP contribution >= 0.6 is 11.3 Å². The summed E-state index contributed by atoms with van der Waals surface area (Å²) in [4.78, 5) is 0. The highest BCUT2D eigenvalue weighted by Crippen LogP contribution is 2.44. The number of hydrogen-bond donors (Lipinski definition) is 1. The van der Waals surface area contributed by atoms with Crippen molar-refractivity contribution in [3.63, 3.8) is 0 Å². The van der Waals surface area contributed by atoms with Gasteiger partial charge in [0, 0.05) is 37.6 Å². The lowest BCUT2D eigenvalue weighted by Crippen LogP contribution is -1.89. The summed E-state index contributed by atoms with van der Waals surface area (Å²) in [5.74, 6) is 0. The van der Waals surface area contributed by atoms with Crippen molar-refractivity contribution >= 4 is 43.3 Å². The molecule has 8 rings (SSSR count). The molecule has 0 fully saturated rings. The molecule has 1 aromatic heterocycles. The van der Waals surface area contributed by atoms with Crippen LogP contribution in [0, 0.1) is 0 Å². The summed E-state index contributed by atoms with van der Waals surface area (Å²) in [5.41, 5.74) is 12.1. The number of benzene rings is 7. The Morgan fingerprint density at radius 3 is 1.66 bits per heavy atom. The lowest BCUT2D eigenvalue weighted by atomic mass is 9.92. The smallest absolute Gasteiger partial charge is 0.0440 e. The highest BCUT2D eigenvalue weighted by atomic mass is 32.1. The predicted molar refractivity (Wildman–Crippen MR) is 218 cm³/mol. The zero-order valence-corrected chi connectivity index (χ0v) is 28.4. The fourth-order valence-electron chi connectivity index (χ4n) is 6.43. The molecule has 1 N–H and O–H groups in total. The molecule has 0 bridgehead atoms. The summed E-state index contributed by atoms with van der Waals surface area (Å²) >= 11 is 1.88. The van der Waals surface area contributed by atoms with E-state index in [1.54, 1.807) is 0 Å². The van der Waals surface area contributed by atoms with Gasteiger partial charge in [0.15, 0.2) is 0 Å². The highest BCUT2D eigenvalue weighted by molar-refractivity contribution is 7.26. The SMILES string of the molecule is C(/C=C\c1ccc(-c2ccc(-c3ccccc3)cc2)cc1)=C/C=C/Nc1ccc(-c2ccc3c(sc4ccccc43)c2-c2ccccc2)cc1. The van der Waals surface area contributed by atoms with Crippen LogP contribution in [0.3, 0.4) is 0 Å². The Bertz CT molecular complexity index is 2450. The van der Waals surface area contributed by atoms with Crippen LogP contribution < -0.4 is 5.32 Å². The zero-order chi connectivity index (χ0) is 33.5. The molecule has 8 aromatic rings. The molecule has 0 aliphatic carbocycles. The molecule has 0 aliphatic rings. The molecule has 0 radical (unpaired) electrons. The van der Waals surface area contributed by atoms with Gasteiger partial charge in [0.1, 0.15) is 0 Å². The van der Waals surface area contributed by atoms with Gasteiger partial charge in [-0.2, -0.15) is 0 Å². The molecule has 2 heteroatoms. The summed E-state index contributed by atoms with van der Waals surface area (Å²) in [6, 6.07) is 60.7. The Morgan fingerprint density at radius 2 is 0.960 bits per heavy atom. The molecular formula is C48H35NS. The molecule has 0 amide bonds. The van der Waals surface area contributed by atoms with E-state index in [1.807, 2.05) is 41.8 Å². The first-order chi connectivity index (χ1) is 24.8. The number of nitrogens with one attached hydrogen (secondary N) is 1. The maximum atomic E-state index is 3.41. The number of fused-ring (bicyclic) bond motifs is 3. The minimum Gasteiger partial charge on any atom is -0.362 e. The van der Waals surface area contributed by atoms with Gasteiger partial charge in [-0.05, 0) is 68.8 Å². The maximum Gasteiger partial charge on any atom is 0.0440 e. The average molecular weight is 658 g/mol. The number of hydrogen-bond acceptors (Lipinski definition) is 2. The van der Waals surface area contributed by atoms with Gasteiger partial charge < -0.3 is 5.32 Å². The monoisotopic (exact) mass is 657 g/mol. The average Bonchev–Trinajstić information content (AvgIpc) is 3.57. The molecular weight excluding hydrogens is 623 g/mol. The standard InChI is InChI=1S/C48H35NS/c1(5-13-35-20-22-37(23-21-35)39-26-24-38(25-27-39)36-14-6-3-7-15-36)2-12-34-49-42-30-28-40(29-31-42)43-32-33-45-44-18-10-11-19-46(44)50-48(45)47(43)41-16-8-4-9-17-41/h1-34,49H/b2-1-,13-5-,34-12+. The van der Waals surface area contributed by atoms with Crippen LogP contribution in [0.1, 0.15) is 5.56 Å². The first kappa shape index (κ1) is 31.1. The van der Waals surface area contributed by atoms with Crippen molar-refractivity contribution in [2.45, 2.75) is 0 Å². The van der Waals surface area contributed by atoms with E-state index >= 15 is 0 Å². The Morgan fingerprint density at radius 1 is 0.400 bits per heavy atom. The molecule has 0 spiro atoms. The summed E-state index contributed by atoms with van der Waals surface area (Å²) in [5, 5.41) is 6.05. The summed E-state index contributed by atoms with van der Waals surface area (Å²) in [7, 11) is 0. The molecule has 7 aromatic carbocycles. The van der Waals surface area contributed by atoms with Crippen LogP contribution in [0.4, 0.5) is 5.69 Å². The minimum atomic E-state index is 1.05. The second-order valence-corrected chi connectivity index (χ2v) is 13.3. The fraction of sp³-hybridized carbons (Fsp3) is 0. The third-order valence-electron chi connectivity index (χ3n) is 9.01.